The molecule has 0 fully saturated rings. The van der Waals surface area contributed by atoms with Crippen LogP contribution >= 0.6 is 0 Å². The van der Waals surface area contributed by atoms with Gasteiger partial charge in [-0.2, -0.15) is 0 Å². The van der Waals surface area contributed by atoms with Crippen molar-refractivity contribution in [1.29, 1.82) is 0 Å². The van der Waals surface area contributed by atoms with Crippen molar-refractivity contribution >= 4 is 28.0 Å². The first-order valence-electron chi connectivity index (χ1n) is 4.08. The average Bonchev–Trinajstić information content (AvgIpc) is 2.23. The Bertz CT molecular complexity index is 554. The first kappa shape index (κ1) is 9.13. The molecule has 7 nitrogen and oxygen atoms in total. The monoisotopic (exact) mass is 207 g/mol. The normalized spacial score (nSPS) is 10.7. The van der Waals surface area contributed by atoms with E-state index in [1.807, 2.05) is 0 Å². The molecule has 7 N–H and O–H groups in total. The van der Waals surface area contributed by atoms with E-state index >= 15 is 0 Å². The molecule has 1 heterocycles. The molecule has 2 aromatic rings. The third-order valence-corrected chi connectivity index (χ3v) is 2.20. The van der Waals surface area contributed by atoms with Crippen molar-refractivity contribution < 1.29 is 9.95 Å². The lowest BCUT2D eigenvalue weighted by Gasteiger charge is -2.09. The topological polar surface area (TPSA) is 138 Å². The fourth-order valence-corrected chi connectivity index (χ4v) is 1.39. The quantitative estimate of drug-likeness (QED) is 0.148. The Morgan fingerprint density at radius 1 is 1.20 bits per heavy atom. The molecule has 0 atom stereocenters. The molecule has 0 saturated carbocycles. The molecule has 2 rings (SSSR count). The summed E-state index contributed by atoms with van der Waals surface area (Å²) in [5, 5.41) is 24.7. The molecule has 0 aliphatic heterocycles. The Kier molecular flexibility index (Phi) is 1.69. The maximum Gasteiger partial charge on any atom is 0.280 e. The highest BCUT2D eigenvalue weighted by Gasteiger charge is 2.19. The lowest BCUT2D eigenvalue weighted by atomic mass is 10.1. The van der Waals surface area contributed by atoms with Gasteiger partial charge in [0.15, 0.2) is 5.75 Å². The Morgan fingerprint density at radius 2 is 1.87 bits per heavy atom. The van der Waals surface area contributed by atoms with Crippen LogP contribution in [-0.4, -0.2) is 10.2 Å². The van der Waals surface area contributed by atoms with E-state index in [0.29, 0.717) is 4.85 Å². The summed E-state index contributed by atoms with van der Waals surface area (Å²) in [4.78, 5) is 0.292. The maximum atomic E-state index is 11.3. The van der Waals surface area contributed by atoms with Gasteiger partial charge < -0.3 is 27.5 Å². The third kappa shape index (κ3) is 1.06. The number of phenolic OH excluding ortho intramolecular Hbond substituents is 1. The molecular formula is C8H9N5O2. The summed E-state index contributed by atoms with van der Waals surface area (Å²) in [5.41, 5.74) is 16.6. The SMILES string of the molecule is Nc1c(N)c(N)c2c(ccn[n+]2[O-])c1O. The summed E-state index contributed by atoms with van der Waals surface area (Å²) in [7, 11) is 0. The summed E-state index contributed by atoms with van der Waals surface area (Å²) in [5.74, 6) is -0.260. The predicted molar refractivity (Wildman–Crippen MR) is 55.6 cm³/mol. The zero-order valence-electron chi connectivity index (χ0n) is 7.64. The number of phenols is 1. The standard InChI is InChI=1S/C8H9N5O2/c9-4-5(10)7-3(8(14)6(4)11)1-2-12-13(7)15/h1-2,14H,9-11H2. The molecule has 0 aliphatic carbocycles. The predicted octanol–water partition coefficient (Wildman–Crippen LogP) is -0.680. The molecule has 7 heteroatoms. The number of anilines is 3. The van der Waals surface area contributed by atoms with E-state index in [2.05, 4.69) is 5.10 Å². The van der Waals surface area contributed by atoms with Crippen LogP contribution in [0.4, 0.5) is 17.1 Å². The lowest BCUT2D eigenvalue weighted by molar-refractivity contribution is -0.642. The highest BCUT2D eigenvalue weighted by molar-refractivity contribution is 6.04. The van der Waals surface area contributed by atoms with Gasteiger partial charge in [0.25, 0.3) is 5.52 Å². The number of aromatic nitrogens is 2. The van der Waals surface area contributed by atoms with Crippen molar-refractivity contribution in [2.45, 2.75) is 0 Å². The van der Waals surface area contributed by atoms with Crippen molar-refractivity contribution in [3.63, 3.8) is 0 Å². The van der Waals surface area contributed by atoms with Gasteiger partial charge in [-0.15, -0.1) is 0 Å². The second-order valence-electron chi connectivity index (χ2n) is 3.06. The number of nitrogen functional groups attached to an aromatic ring is 3. The molecule has 78 valence electrons. The Morgan fingerprint density at radius 3 is 2.53 bits per heavy atom. The number of fused-ring (bicyclic) bond motifs is 1. The van der Waals surface area contributed by atoms with Crippen LogP contribution in [-0.2, 0) is 0 Å². The van der Waals surface area contributed by atoms with E-state index in [9.17, 15) is 10.3 Å². The first-order valence-corrected chi connectivity index (χ1v) is 4.08. The van der Waals surface area contributed by atoms with E-state index in [1.54, 1.807) is 0 Å². The summed E-state index contributed by atoms with van der Waals surface area (Å²) in [6, 6.07) is 1.44. The number of benzene rings is 1. The Balaban J connectivity index is 3.08. The molecule has 1 aromatic heterocycles. The summed E-state index contributed by atoms with van der Waals surface area (Å²) in [6.45, 7) is 0. The largest absolute Gasteiger partial charge is 0.594 e. The number of hydrogen-bond acceptors (Lipinski definition) is 6. The Labute approximate surface area is 84.3 Å². The first-order chi connectivity index (χ1) is 7.04. The van der Waals surface area contributed by atoms with Gasteiger partial charge >= 0.3 is 0 Å². The van der Waals surface area contributed by atoms with Crippen LogP contribution in [0.5, 0.6) is 5.75 Å². The van der Waals surface area contributed by atoms with Crippen molar-refractivity contribution in [3.8, 4) is 5.75 Å². The van der Waals surface area contributed by atoms with Gasteiger partial charge in [0, 0.05) is 5.10 Å². The van der Waals surface area contributed by atoms with Crippen LogP contribution in [0.1, 0.15) is 0 Å². The van der Waals surface area contributed by atoms with Gasteiger partial charge in [-0.05, 0) is 10.9 Å². The zero-order chi connectivity index (χ0) is 11.2. The number of hydrogen-bond donors (Lipinski definition) is 4. The van der Waals surface area contributed by atoms with Gasteiger partial charge in [-0.25, -0.2) is 0 Å². The molecule has 0 amide bonds. The number of aromatic hydroxyl groups is 1. The third-order valence-electron chi connectivity index (χ3n) is 2.20. The van der Waals surface area contributed by atoms with Gasteiger partial charge in [0.05, 0.1) is 17.3 Å². The molecular weight excluding hydrogens is 198 g/mol. The highest BCUT2D eigenvalue weighted by Crippen LogP contribution is 2.38. The molecule has 1 aromatic carbocycles. The molecule has 0 bridgehead atoms. The van der Waals surface area contributed by atoms with E-state index in [0.717, 1.165) is 0 Å². The number of nitrogens with zero attached hydrogens (tertiary/aromatic N) is 2. The van der Waals surface area contributed by atoms with Crippen LogP contribution in [0, 0.1) is 5.21 Å². The number of rotatable bonds is 0. The van der Waals surface area contributed by atoms with Gasteiger partial charge in [-0.3, -0.25) is 0 Å². The van der Waals surface area contributed by atoms with Gasteiger partial charge in [-0.1, -0.05) is 0 Å². The average molecular weight is 207 g/mol. The van der Waals surface area contributed by atoms with E-state index in [-0.39, 0.29) is 33.7 Å². The fraction of sp³-hybridized carbons (Fsp3) is 0. The molecule has 0 unspecified atom stereocenters. The summed E-state index contributed by atoms with van der Waals surface area (Å²) < 4.78 is 0. The van der Waals surface area contributed by atoms with Crippen LogP contribution in [0.3, 0.4) is 0 Å². The van der Waals surface area contributed by atoms with E-state index in [1.165, 1.54) is 12.3 Å². The van der Waals surface area contributed by atoms with Gasteiger partial charge in [0.1, 0.15) is 11.4 Å². The minimum Gasteiger partial charge on any atom is -0.594 e. The smallest absolute Gasteiger partial charge is 0.280 e. The summed E-state index contributed by atoms with van der Waals surface area (Å²) >= 11 is 0. The zero-order valence-corrected chi connectivity index (χ0v) is 7.64. The van der Waals surface area contributed by atoms with Crippen LogP contribution in [0.15, 0.2) is 12.3 Å². The molecule has 0 aliphatic rings. The van der Waals surface area contributed by atoms with E-state index < -0.39 is 0 Å². The van der Waals surface area contributed by atoms with Crippen molar-refractivity contribution in [2.75, 3.05) is 17.2 Å². The van der Waals surface area contributed by atoms with Crippen LogP contribution < -0.4 is 22.0 Å². The minimum absolute atomic E-state index is 0.0155. The highest BCUT2D eigenvalue weighted by atomic mass is 16.5. The fourth-order valence-electron chi connectivity index (χ4n) is 1.39. The molecule has 0 radical (unpaired) electrons. The van der Waals surface area contributed by atoms with Crippen LogP contribution in [0.25, 0.3) is 10.9 Å². The van der Waals surface area contributed by atoms with Crippen molar-refractivity contribution in [3.05, 3.63) is 17.5 Å². The summed E-state index contributed by atoms with van der Waals surface area (Å²) in [6.07, 6.45) is 1.24. The number of nitrogens with two attached hydrogens (primary N) is 3. The van der Waals surface area contributed by atoms with E-state index in [4.69, 9.17) is 17.2 Å². The maximum absolute atomic E-state index is 11.3. The molecule has 15 heavy (non-hydrogen) atoms. The van der Waals surface area contributed by atoms with Crippen molar-refractivity contribution in [2.24, 2.45) is 0 Å². The van der Waals surface area contributed by atoms with Gasteiger partial charge in [0.2, 0.25) is 0 Å². The van der Waals surface area contributed by atoms with Crippen molar-refractivity contribution in [1.82, 2.24) is 5.10 Å². The lowest BCUT2D eigenvalue weighted by Crippen LogP contribution is -2.32. The second kappa shape index (κ2) is 2.77. The minimum atomic E-state index is -0.260. The molecule has 0 spiro atoms. The molecule has 0 saturated heterocycles. The Hall–Kier alpha value is -2.44. The van der Waals surface area contributed by atoms with Crippen LogP contribution in [0.2, 0.25) is 0 Å². The second-order valence-corrected chi connectivity index (χ2v) is 3.06.